The number of hydrogen-bond donors (Lipinski definition) is 1. The summed E-state index contributed by atoms with van der Waals surface area (Å²) in [6.45, 7) is 5.65. The van der Waals surface area contributed by atoms with Gasteiger partial charge in [0.15, 0.2) is 0 Å². The number of ketones is 1. The Hall–Kier alpha value is -2.79. The fourth-order valence-corrected chi connectivity index (χ4v) is 6.96. The van der Waals surface area contributed by atoms with Gasteiger partial charge in [-0.1, -0.05) is 42.5 Å². The van der Waals surface area contributed by atoms with Gasteiger partial charge in [0.1, 0.15) is 11.6 Å². The zero-order valence-corrected chi connectivity index (χ0v) is 20.7. The maximum absolute atomic E-state index is 15.1. The number of carbonyl (C=O) groups is 2. The van der Waals surface area contributed by atoms with E-state index >= 15 is 4.39 Å². The minimum absolute atomic E-state index is 0.0551. The molecule has 0 unspecified atom stereocenters. The highest BCUT2D eigenvalue weighted by Crippen LogP contribution is 2.58. The van der Waals surface area contributed by atoms with Gasteiger partial charge >= 0.3 is 0 Å². The molecule has 3 aromatic rings. The van der Waals surface area contributed by atoms with Gasteiger partial charge in [-0.05, 0) is 80.2 Å². The van der Waals surface area contributed by atoms with Crippen LogP contribution >= 0.6 is 11.3 Å². The lowest BCUT2D eigenvalue weighted by Crippen LogP contribution is -2.57. The molecule has 0 aliphatic heterocycles. The van der Waals surface area contributed by atoms with Gasteiger partial charge < -0.3 is 5.32 Å². The summed E-state index contributed by atoms with van der Waals surface area (Å²) in [6, 6.07) is 15.3. The zero-order valence-electron chi connectivity index (χ0n) is 19.9. The molecule has 0 bridgehead atoms. The van der Waals surface area contributed by atoms with Gasteiger partial charge in [0.2, 0.25) is 0 Å². The van der Waals surface area contributed by atoms with E-state index in [1.807, 2.05) is 56.3 Å². The fraction of sp³-hybridized carbons (Fsp3) is 0.379. The molecule has 2 aliphatic rings. The molecule has 1 aromatic heterocycles. The number of hydrogen-bond acceptors (Lipinski definition) is 3. The van der Waals surface area contributed by atoms with E-state index in [9.17, 15) is 9.59 Å². The highest BCUT2D eigenvalue weighted by molar-refractivity contribution is 7.12. The van der Waals surface area contributed by atoms with Gasteiger partial charge in [0.05, 0.1) is 5.56 Å². The number of halogens is 1. The van der Waals surface area contributed by atoms with Crippen LogP contribution in [0.1, 0.15) is 63.8 Å². The van der Waals surface area contributed by atoms with Crippen molar-refractivity contribution in [1.29, 1.82) is 0 Å². The van der Waals surface area contributed by atoms with Gasteiger partial charge in [-0.25, -0.2) is 4.39 Å². The number of rotatable bonds is 6. The van der Waals surface area contributed by atoms with E-state index in [0.717, 1.165) is 52.1 Å². The van der Waals surface area contributed by atoms with Crippen molar-refractivity contribution in [1.82, 2.24) is 5.32 Å². The molecule has 5 rings (SSSR count). The second-order valence-corrected chi connectivity index (χ2v) is 11.6. The van der Waals surface area contributed by atoms with Crippen LogP contribution < -0.4 is 5.32 Å². The molecule has 0 atom stereocenters. The molecule has 2 aromatic carbocycles. The Balaban J connectivity index is 1.29. The van der Waals surface area contributed by atoms with Crippen LogP contribution in [0.15, 0.2) is 48.5 Å². The van der Waals surface area contributed by atoms with E-state index in [-0.39, 0.29) is 34.9 Å². The number of benzene rings is 2. The van der Waals surface area contributed by atoms with Gasteiger partial charge in [0, 0.05) is 28.1 Å². The second kappa shape index (κ2) is 8.77. The Bertz CT molecular complexity index is 1250. The lowest BCUT2D eigenvalue weighted by molar-refractivity contribution is -0.134. The van der Waals surface area contributed by atoms with Crippen LogP contribution in [0.4, 0.5) is 4.39 Å². The SMILES string of the molecule is CC(=O)C1CC2(CC(NC(=O)c3c(C)sc(C)c3Cc3ccc(-c4ccccc4)cc3F)C2)C1. The number of carbonyl (C=O) groups excluding carboxylic acids is 2. The molecular formula is C29H30FNO2S. The number of Topliss-reactive ketones (excluding diaryl/α,β-unsaturated/α-hetero) is 1. The van der Waals surface area contributed by atoms with Gasteiger partial charge in [-0.2, -0.15) is 0 Å². The molecule has 1 N–H and O–H groups in total. The number of aryl methyl sites for hydroxylation is 2. The summed E-state index contributed by atoms with van der Waals surface area (Å²) in [6.07, 6.45) is 4.24. The first-order valence-electron chi connectivity index (χ1n) is 12.0. The zero-order chi connectivity index (χ0) is 24.0. The normalized spacial score (nSPS) is 23.3. The Morgan fingerprint density at radius 3 is 2.35 bits per heavy atom. The number of amides is 1. The van der Waals surface area contributed by atoms with Crippen molar-refractivity contribution in [2.75, 3.05) is 0 Å². The Labute approximate surface area is 204 Å². The molecular weight excluding hydrogens is 445 g/mol. The van der Waals surface area contributed by atoms with E-state index in [0.29, 0.717) is 17.5 Å². The lowest BCUT2D eigenvalue weighted by Gasteiger charge is -2.57. The van der Waals surface area contributed by atoms with E-state index < -0.39 is 0 Å². The third-order valence-corrected chi connectivity index (χ3v) is 8.83. The molecule has 176 valence electrons. The Morgan fingerprint density at radius 2 is 1.71 bits per heavy atom. The first-order chi connectivity index (χ1) is 16.2. The van der Waals surface area contributed by atoms with Crippen LogP contribution in [-0.2, 0) is 11.2 Å². The smallest absolute Gasteiger partial charge is 0.252 e. The van der Waals surface area contributed by atoms with Crippen LogP contribution in [0.2, 0.25) is 0 Å². The molecule has 1 spiro atoms. The standard InChI is InChI=1S/C29H30FNO2S/c1-17(32)23-13-29(14-23)15-24(16-29)31-28(33)27-19(3)34-18(2)25(27)11-22-10-9-21(12-26(22)30)20-7-5-4-6-8-20/h4-10,12,23-24H,11,13-16H2,1-3H3,(H,31,33). The molecule has 2 fully saturated rings. The van der Waals surface area contributed by atoms with Crippen molar-refractivity contribution in [3.05, 3.63) is 80.8 Å². The van der Waals surface area contributed by atoms with Crippen LogP contribution in [0.5, 0.6) is 0 Å². The molecule has 1 heterocycles. The summed E-state index contributed by atoms with van der Waals surface area (Å²) in [5, 5.41) is 3.21. The third kappa shape index (κ3) is 4.22. The minimum atomic E-state index is -0.248. The van der Waals surface area contributed by atoms with Crippen LogP contribution in [0, 0.1) is 31.0 Å². The van der Waals surface area contributed by atoms with Crippen LogP contribution in [-0.4, -0.2) is 17.7 Å². The van der Waals surface area contributed by atoms with E-state index in [2.05, 4.69) is 5.32 Å². The van der Waals surface area contributed by atoms with Crippen molar-refractivity contribution in [3.63, 3.8) is 0 Å². The fourth-order valence-electron chi connectivity index (χ4n) is 5.88. The quantitative estimate of drug-likeness (QED) is 0.434. The first-order valence-corrected chi connectivity index (χ1v) is 12.8. The molecule has 3 nitrogen and oxygen atoms in total. The van der Waals surface area contributed by atoms with E-state index in [4.69, 9.17) is 0 Å². The van der Waals surface area contributed by atoms with Gasteiger partial charge in [-0.3, -0.25) is 9.59 Å². The van der Waals surface area contributed by atoms with Crippen molar-refractivity contribution in [2.24, 2.45) is 11.3 Å². The van der Waals surface area contributed by atoms with Crippen LogP contribution in [0.3, 0.4) is 0 Å². The maximum Gasteiger partial charge on any atom is 0.252 e. The summed E-state index contributed by atoms with van der Waals surface area (Å²) in [4.78, 5) is 26.8. The summed E-state index contributed by atoms with van der Waals surface area (Å²) in [5.74, 6) is 0.201. The van der Waals surface area contributed by atoms with Crippen LogP contribution in [0.25, 0.3) is 11.1 Å². The largest absolute Gasteiger partial charge is 0.349 e. The second-order valence-electron chi connectivity index (χ2n) is 10.2. The first kappa shape index (κ1) is 23.0. The summed E-state index contributed by atoms with van der Waals surface area (Å²) in [7, 11) is 0. The molecule has 34 heavy (non-hydrogen) atoms. The molecule has 0 radical (unpaired) electrons. The van der Waals surface area contributed by atoms with Gasteiger partial charge in [-0.15, -0.1) is 11.3 Å². The highest BCUT2D eigenvalue weighted by Gasteiger charge is 2.54. The van der Waals surface area contributed by atoms with E-state index in [1.54, 1.807) is 24.3 Å². The average Bonchev–Trinajstić information content (AvgIpc) is 3.03. The average molecular weight is 476 g/mol. The van der Waals surface area contributed by atoms with Gasteiger partial charge in [0.25, 0.3) is 5.91 Å². The Morgan fingerprint density at radius 1 is 1.00 bits per heavy atom. The van der Waals surface area contributed by atoms with Crippen molar-refractivity contribution in [2.45, 2.75) is 58.9 Å². The van der Waals surface area contributed by atoms with Crippen molar-refractivity contribution in [3.8, 4) is 11.1 Å². The Kier molecular flexibility index (Phi) is 5.93. The maximum atomic E-state index is 15.1. The number of nitrogens with one attached hydrogen (secondary N) is 1. The summed E-state index contributed by atoms with van der Waals surface area (Å²) >= 11 is 1.60. The molecule has 5 heteroatoms. The predicted molar refractivity (Wildman–Crippen MR) is 135 cm³/mol. The molecule has 1 amide bonds. The highest BCUT2D eigenvalue weighted by atomic mass is 32.1. The predicted octanol–water partition coefficient (Wildman–Crippen LogP) is 6.64. The molecule has 2 saturated carbocycles. The lowest BCUT2D eigenvalue weighted by atomic mass is 9.49. The number of thiophene rings is 1. The molecule has 0 saturated heterocycles. The summed E-state index contributed by atoms with van der Waals surface area (Å²) < 4.78 is 15.1. The monoisotopic (exact) mass is 475 g/mol. The molecule has 2 aliphatic carbocycles. The van der Waals surface area contributed by atoms with Crippen molar-refractivity contribution < 1.29 is 14.0 Å². The van der Waals surface area contributed by atoms with Crippen molar-refractivity contribution >= 4 is 23.0 Å². The minimum Gasteiger partial charge on any atom is -0.349 e. The topological polar surface area (TPSA) is 46.2 Å². The third-order valence-electron chi connectivity index (χ3n) is 7.77. The van der Waals surface area contributed by atoms with E-state index in [1.165, 1.54) is 0 Å². The summed E-state index contributed by atoms with van der Waals surface area (Å²) in [5.41, 5.74) is 4.31.